The molecule has 1 aromatic heterocycles. The number of hydrogen-bond acceptors (Lipinski definition) is 4. The quantitative estimate of drug-likeness (QED) is 0.866. The highest BCUT2D eigenvalue weighted by Gasteiger charge is 2.16. The van der Waals surface area contributed by atoms with Gasteiger partial charge in [-0.2, -0.15) is 15.0 Å². The van der Waals surface area contributed by atoms with Crippen LogP contribution in [-0.4, -0.2) is 28.0 Å². The number of benzene rings is 1. The number of halogens is 1. The van der Waals surface area contributed by atoms with Crippen LogP contribution < -0.4 is 4.90 Å². The Hall–Kier alpha value is -1.68. The van der Waals surface area contributed by atoms with Crippen LogP contribution in [0, 0.1) is 0 Å². The topological polar surface area (TPSA) is 41.9 Å². The van der Waals surface area contributed by atoms with Crippen LogP contribution in [0.4, 0.5) is 5.95 Å². The molecule has 1 aromatic carbocycles. The van der Waals surface area contributed by atoms with Gasteiger partial charge in [-0.3, -0.25) is 0 Å². The van der Waals surface area contributed by atoms with Gasteiger partial charge in [0.05, 0.1) is 0 Å². The van der Waals surface area contributed by atoms with Crippen molar-refractivity contribution in [2.24, 2.45) is 0 Å². The van der Waals surface area contributed by atoms with Crippen LogP contribution in [0.2, 0.25) is 5.28 Å². The molecule has 4 nitrogen and oxygen atoms in total. The molecule has 0 N–H and O–H groups in total. The van der Waals surface area contributed by atoms with E-state index in [9.17, 15) is 0 Å². The SMILES string of the molecule is CCc1cccc(-c2nc(Cl)nc(N3CCCCC3)n2)c1. The predicted molar refractivity (Wildman–Crippen MR) is 85.7 cm³/mol. The van der Waals surface area contributed by atoms with Crippen LogP contribution in [0.1, 0.15) is 31.7 Å². The standard InChI is InChI=1S/C16H19ClN4/c1-2-12-7-6-8-13(11-12)14-18-15(17)20-16(19-14)21-9-4-3-5-10-21/h6-8,11H,2-5,9-10H2,1H3. The van der Waals surface area contributed by atoms with E-state index in [1.807, 2.05) is 12.1 Å². The number of piperidine rings is 1. The third-order valence-corrected chi connectivity index (χ3v) is 4.00. The fourth-order valence-corrected chi connectivity index (χ4v) is 2.79. The van der Waals surface area contributed by atoms with Crippen molar-refractivity contribution in [3.63, 3.8) is 0 Å². The molecule has 0 saturated carbocycles. The van der Waals surface area contributed by atoms with Crippen molar-refractivity contribution in [1.29, 1.82) is 0 Å². The summed E-state index contributed by atoms with van der Waals surface area (Å²) in [6.07, 6.45) is 4.64. The van der Waals surface area contributed by atoms with Crippen molar-refractivity contribution in [3.8, 4) is 11.4 Å². The second-order valence-corrected chi connectivity index (χ2v) is 5.67. The molecule has 1 aliphatic rings. The molecule has 3 rings (SSSR count). The summed E-state index contributed by atoms with van der Waals surface area (Å²) in [4.78, 5) is 15.4. The highest BCUT2D eigenvalue weighted by molar-refractivity contribution is 6.28. The minimum Gasteiger partial charge on any atom is -0.341 e. The van der Waals surface area contributed by atoms with E-state index in [-0.39, 0.29) is 5.28 Å². The summed E-state index contributed by atoms with van der Waals surface area (Å²) in [6.45, 7) is 4.13. The average Bonchev–Trinajstić information content (AvgIpc) is 2.55. The van der Waals surface area contributed by atoms with Gasteiger partial charge < -0.3 is 4.90 Å². The molecule has 0 unspecified atom stereocenters. The fraction of sp³-hybridized carbons (Fsp3) is 0.438. The molecule has 2 heterocycles. The van der Waals surface area contributed by atoms with Crippen LogP contribution in [0.5, 0.6) is 0 Å². The minimum atomic E-state index is 0.266. The maximum atomic E-state index is 6.10. The number of anilines is 1. The zero-order valence-corrected chi connectivity index (χ0v) is 13.0. The zero-order valence-electron chi connectivity index (χ0n) is 12.2. The second-order valence-electron chi connectivity index (χ2n) is 5.33. The van der Waals surface area contributed by atoms with Crippen molar-refractivity contribution in [1.82, 2.24) is 15.0 Å². The Kier molecular flexibility index (Phi) is 4.34. The minimum absolute atomic E-state index is 0.266. The first-order valence-electron chi connectivity index (χ1n) is 7.52. The van der Waals surface area contributed by atoms with Gasteiger partial charge in [-0.05, 0) is 48.9 Å². The Labute approximate surface area is 130 Å². The lowest BCUT2D eigenvalue weighted by molar-refractivity contribution is 0.567. The molecule has 0 amide bonds. The Morgan fingerprint density at radius 3 is 2.67 bits per heavy atom. The molecule has 110 valence electrons. The number of aromatic nitrogens is 3. The van der Waals surface area contributed by atoms with E-state index < -0.39 is 0 Å². The van der Waals surface area contributed by atoms with Crippen molar-refractivity contribution in [2.45, 2.75) is 32.6 Å². The van der Waals surface area contributed by atoms with Gasteiger partial charge in [0.1, 0.15) is 0 Å². The van der Waals surface area contributed by atoms with Crippen LogP contribution >= 0.6 is 11.6 Å². The Morgan fingerprint density at radius 1 is 1.10 bits per heavy atom. The molecular formula is C16H19ClN4. The molecule has 2 aromatic rings. The van der Waals surface area contributed by atoms with Crippen LogP contribution in [-0.2, 0) is 6.42 Å². The molecule has 0 spiro atoms. The number of nitrogens with zero attached hydrogens (tertiary/aromatic N) is 4. The van der Waals surface area contributed by atoms with Crippen molar-refractivity contribution in [2.75, 3.05) is 18.0 Å². The molecule has 0 bridgehead atoms. The first-order chi connectivity index (χ1) is 10.3. The van der Waals surface area contributed by atoms with Crippen molar-refractivity contribution in [3.05, 3.63) is 35.1 Å². The van der Waals surface area contributed by atoms with Gasteiger partial charge in [-0.1, -0.05) is 25.1 Å². The van der Waals surface area contributed by atoms with E-state index in [0.29, 0.717) is 11.8 Å². The highest BCUT2D eigenvalue weighted by Crippen LogP contribution is 2.22. The molecule has 21 heavy (non-hydrogen) atoms. The van der Waals surface area contributed by atoms with Gasteiger partial charge in [0, 0.05) is 18.7 Å². The van der Waals surface area contributed by atoms with Gasteiger partial charge >= 0.3 is 0 Å². The van der Waals surface area contributed by atoms with Crippen LogP contribution in [0.25, 0.3) is 11.4 Å². The van der Waals surface area contributed by atoms with E-state index >= 15 is 0 Å². The Morgan fingerprint density at radius 2 is 1.90 bits per heavy atom. The number of rotatable bonds is 3. The van der Waals surface area contributed by atoms with E-state index in [0.717, 1.165) is 25.1 Å². The Bertz CT molecular complexity index is 623. The molecular weight excluding hydrogens is 284 g/mol. The monoisotopic (exact) mass is 302 g/mol. The second kappa shape index (κ2) is 6.39. The normalized spacial score (nSPS) is 15.2. The van der Waals surface area contributed by atoms with Crippen molar-refractivity contribution < 1.29 is 0 Å². The molecule has 1 saturated heterocycles. The maximum absolute atomic E-state index is 6.10. The third kappa shape index (κ3) is 3.32. The smallest absolute Gasteiger partial charge is 0.230 e. The zero-order chi connectivity index (χ0) is 14.7. The number of aryl methyl sites for hydroxylation is 1. The predicted octanol–water partition coefficient (Wildman–Crippen LogP) is 3.74. The first kappa shape index (κ1) is 14.3. The average molecular weight is 303 g/mol. The number of hydrogen-bond donors (Lipinski definition) is 0. The van der Waals surface area contributed by atoms with Crippen LogP contribution in [0.15, 0.2) is 24.3 Å². The molecule has 0 aliphatic carbocycles. The largest absolute Gasteiger partial charge is 0.341 e. The summed E-state index contributed by atoms with van der Waals surface area (Å²) in [6, 6.07) is 8.28. The summed E-state index contributed by atoms with van der Waals surface area (Å²) in [7, 11) is 0. The summed E-state index contributed by atoms with van der Waals surface area (Å²) in [5, 5.41) is 0.266. The van der Waals surface area contributed by atoms with Crippen molar-refractivity contribution >= 4 is 17.5 Å². The van der Waals surface area contributed by atoms with Gasteiger partial charge in [0.2, 0.25) is 11.2 Å². The molecule has 1 aliphatic heterocycles. The molecule has 0 atom stereocenters. The van der Waals surface area contributed by atoms with Gasteiger partial charge in [-0.15, -0.1) is 0 Å². The van der Waals surface area contributed by atoms with E-state index in [1.165, 1.54) is 24.8 Å². The summed E-state index contributed by atoms with van der Waals surface area (Å²) < 4.78 is 0. The third-order valence-electron chi connectivity index (χ3n) is 3.83. The Balaban J connectivity index is 1.96. The molecule has 5 heteroatoms. The summed E-state index contributed by atoms with van der Waals surface area (Å²) >= 11 is 6.10. The van der Waals surface area contributed by atoms with Gasteiger partial charge in [0.25, 0.3) is 0 Å². The lowest BCUT2D eigenvalue weighted by Gasteiger charge is -2.26. The summed E-state index contributed by atoms with van der Waals surface area (Å²) in [5.41, 5.74) is 2.26. The van der Waals surface area contributed by atoms with E-state index in [1.54, 1.807) is 0 Å². The summed E-state index contributed by atoms with van der Waals surface area (Å²) in [5.74, 6) is 1.36. The van der Waals surface area contributed by atoms with E-state index in [2.05, 4.69) is 38.9 Å². The maximum Gasteiger partial charge on any atom is 0.230 e. The van der Waals surface area contributed by atoms with Gasteiger partial charge in [0.15, 0.2) is 5.82 Å². The van der Waals surface area contributed by atoms with E-state index in [4.69, 9.17) is 11.6 Å². The fourth-order valence-electron chi connectivity index (χ4n) is 2.63. The molecule has 1 fully saturated rings. The van der Waals surface area contributed by atoms with Gasteiger partial charge in [-0.25, -0.2) is 0 Å². The highest BCUT2D eigenvalue weighted by atomic mass is 35.5. The lowest BCUT2D eigenvalue weighted by Crippen LogP contribution is -2.31. The molecule has 0 radical (unpaired) electrons. The first-order valence-corrected chi connectivity index (χ1v) is 7.90. The lowest BCUT2D eigenvalue weighted by atomic mass is 10.1. The van der Waals surface area contributed by atoms with Crippen LogP contribution in [0.3, 0.4) is 0 Å².